The van der Waals surface area contributed by atoms with Gasteiger partial charge in [-0.3, -0.25) is 4.79 Å². The van der Waals surface area contributed by atoms with Crippen molar-refractivity contribution in [2.75, 3.05) is 0 Å². The molecule has 0 fully saturated rings. The highest BCUT2D eigenvalue weighted by Gasteiger charge is 2.39. The van der Waals surface area contributed by atoms with Gasteiger partial charge in [0.2, 0.25) is 0 Å². The number of carbonyl (C=O) groups is 1. The molecule has 3 nitrogen and oxygen atoms in total. The Morgan fingerprint density at radius 1 is 1.32 bits per heavy atom. The van der Waals surface area contributed by atoms with Crippen molar-refractivity contribution in [2.45, 2.75) is 45.8 Å². The van der Waals surface area contributed by atoms with Gasteiger partial charge in [-0.2, -0.15) is 0 Å². The molecule has 0 bridgehead atoms. The van der Waals surface area contributed by atoms with Gasteiger partial charge >= 0.3 is 0 Å². The number of aromatic nitrogens is 2. The molecule has 0 aliphatic carbocycles. The Labute approximate surface area is 115 Å². The van der Waals surface area contributed by atoms with Crippen molar-refractivity contribution < 1.29 is 4.79 Å². The van der Waals surface area contributed by atoms with E-state index in [4.69, 9.17) is 0 Å². The van der Waals surface area contributed by atoms with Gasteiger partial charge in [0.25, 0.3) is 0 Å². The van der Waals surface area contributed by atoms with Crippen LogP contribution in [0, 0.1) is 0 Å². The fourth-order valence-electron chi connectivity index (χ4n) is 2.13. The molecular formula is C15H22N2OSi. The smallest absolute Gasteiger partial charge is 0.163 e. The number of nitrogens with zero attached hydrogens (tertiary/aromatic N) is 2. The van der Waals surface area contributed by atoms with Gasteiger partial charge in [0, 0.05) is 23.3 Å². The molecule has 0 aromatic carbocycles. The summed E-state index contributed by atoms with van der Waals surface area (Å²) in [7, 11) is -1.77. The van der Waals surface area contributed by atoms with Crippen LogP contribution in [0.1, 0.15) is 38.1 Å². The van der Waals surface area contributed by atoms with E-state index in [1.54, 1.807) is 13.1 Å². The summed E-state index contributed by atoms with van der Waals surface area (Å²) in [6.07, 6.45) is 3.81. The molecule has 2 aromatic heterocycles. The van der Waals surface area contributed by atoms with Crippen LogP contribution in [0.4, 0.5) is 0 Å². The number of hydrogen-bond donors (Lipinski definition) is 0. The molecule has 0 atom stereocenters. The van der Waals surface area contributed by atoms with Crippen molar-refractivity contribution in [1.82, 2.24) is 9.22 Å². The van der Waals surface area contributed by atoms with Crippen LogP contribution in [0.2, 0.25) is 18.1 Å². The first-order chi connectivity index (χ1) is 8.66. The number of hydrogen-bond acceptors (Lipinski definition) is 2. The van der Waals surface area contributed by atoms with E-state index < -0.39 is 8.24 Å². The number of rotatable bonds is 2. The lowest BCUT2D eigenvalue weighted by Gasteiger charge is -2.38. The third-order valence-corrected chi connectivity index (χ3v) is 9.60. The first kappa shape index (κ1) is 14.0. The molecule has 2 heterocycles. The van der Waals surface area contributed by atoms with E-state index in [0.29, 0.717) is 0 Å². The molecule has 0 radical (unpaired) electrons. The summed E-state index contributed by atoms with van der Waals surface area (Å²) in [4.78, 5) is 16.3. The summed E-state index contributed by atoms with van der Waals surface area (Å²) in [5, 5.41) is 1.17. The van der Waals surface area contributed by atoms with Crippen LogP contribution in [-0.2, 0) is 0 Å². The lowest BCUT2D eigenvalue weighted by molar-refractivity contribution is 0.101. The van der Waals surface area contributed by atoms with E-state index in [-0.39, 0.29) is 10.8 Å². The Morgan fingerprint density at radius 2 is 1.95 bits per heavy atom. The third kappa shape index (κ3) is 2.14. The highest BCUT2D eigenvalue weighted by molar-refractivity contribution is 6.79. The van der Waals surface area contributed by atoms with Gasteiger partial charge in [-0.25, -0.2) is 4.98 Å². The summed E-state index contributed by atoms with van der Waals surface area (Å²) in [6.45, 7) is 13.1. The molecule has 0 N–H and O–H groups in total. The van der Waals surface area contributed by atoms with Crippen LogP contribution in [0.3, 0.4) is 0 Å². The first-order valence-corrected chi connectivity index (χ1v) is 9.58. The maximum Gasteiger partial charge on any atom is 0.163 e. The monoisotopic (exact) mass is 274 g/mol. The highest BCUT2D eigenvalue weighted by Crippen LogP contribution is 2.39. The molecule has 0 saturated carbocycles. The molecule has 0 aliphatic rings. The Bertz CT molecular complexity index is 635. The average Bonchev–Trinajstić information content (AvgIpc) is 2.67. The minimum absolute atomic E-state index is 0.107. The standard InChI is InChI=1S/C15H22N2OSi/c1-11(18)13-10-17(19(5,6)15(2,3)4)14-12(13)8-7-9-16-14/h7-10H,1-6H3. The van der Waals surface area contributed by atoms with Crippen molar-refractivity contribution >= 4 is 25.1 Å². The third-order valence-electron chi connectivity index (χ3n) is 4.38. The molecule has 102 valence electrons. The maximum atomic E-state index is 11.8. The quantitative estimate of drug-likeness (QED) is 0.610. The molecular weight excluding hydrogens is 252 g/mol. The van der Waals surface area contributed by atoms with Gasteiger partial charge in [-0.05, 0) is 24.1 Å². The average molecular weight is 274 g/mol. The van der Waals surface area contributed by atoms with Gasteiger partial charge in [0.1, 0.15) is 5.65 Å². The predicted octanol–water partition coefficient (Wildman–Crippen LogP) is 4.09. The summed E-state index contributed by atoms with van der Waals surface area (Å²) >= 11 is 0. The summed E-state index contributed by atoms with van der Waals surface area (Å²) < 4.78 is 2.28. The highest BCUT2D eigenvalue weighted by atomic mass is 28.3. The number of Topliss-reactive ketones (excluding diaryl/α,β-unsaturated/α-hetero) is 1. The van der Waals surface area contributed by atoms with Gasteiger partial charge in [0.15, 0.2) is 14.0 Å². The van der Waals surface area contributed by atoms with Crippen LogP contribution in [0.15, 0.2) is 24.5 Å². The normalized spacial score (nSPS) is 12.9. The van der Waals surface area contributed by atoms with Gasteiger partial charge < -0.3 is 4.23 Å². The predicted molar refractivity (Wildman–Crippen MR) is 82.3 cm³/mol. The lowest BCUT2D eigenvalue weighted by atomic mass is 10.2. The van der Waals surface area contributed by atoms with Gasteiger partial charge in [-0.1, -0.05) is 33.9 Å². The van der Waals surface area contributed by atoms with Crippen LogP contribution in [0.5, 0.6) is 0 Å². The minimum atomic E-state index is -1.77. The van der Waals surface area contributed by atoms with Gasteiger partial charge in [0.05, 0.1) is 0 Å². The van der Waals surface area contributed by atoms with Crippen molar-refractivity contribution in [3.8, 4) is 0 Å². The van der Waals surface area contributed by atoms with Gasteiger partial charge in [-0.15, -0.1) is 0 Å². The van der Waals surface area contributed by atoms with Crippen molar-refractivity contribution in [3.05, 3.63) is 30.1 Å². The minimum Gasteiger partial charge on any atom is -0.359 e. The van der Waals surface area contributed by atoms with Crippen LogP contribution in [0.25, 0.3) is 11.0 Å². The number of pyridine rings is 1. The molecule has 0 saturated heterocycles. The fourth-order valence-corrected chi connectivity index (χ4v) is 4.01. The number of fused-ring (bicyclic) bond motifs is 1. The topological polar surface area (TPSA) is 34.9 Å². The molecule has 2 aromatic rings. The van der Waals surface area contributed by atoms with Crippen LogP contribution in [-0.4, -0.2) is 23.2 Å². The van der Waals surface area contributed by atoms with Crippen molar-refractivity contribution in [1.29, 1.82) is 0 Å². The van der Waals surface area contributed by atoms with E-state index in [0.717, 1.165) is 16.6 Å². The largest absolute Gasteiger partial charge is 0.359 e. The second-order valence-electron chi connectivity index (χ2n) is 6.65. The van der Waals surface area contributed by atoms with Crippen LogP contribution >= 0.6 is 0 Å². The fraction of sp³-hybridized carbons (Fsp3) is 0.467. The second-order valence-corrected chi connectivity index (χ2v) is 11.8. The van der Waals surface area contributed by atoms with E-state index >= 15 is 0 Å². The summed E-state index contributed by atoms with van der Waals surface area (Å²) in [6, 6.07) is 3.88. The first-order valence-electron chi connectivity index (χ1n) is 6.64. The Hall–Kier alpha value is -1.42. The second kappa shape index (κ2) is 4.30. The molecule has 0 unspecified atom stereocenters. The van der Waals surface area contributed by atoms with Crippen LogP contribution < -0.4 is 0 Å². The molecule has 0 aliphatic heterocycles. The molecule has 4 heteroatoms. The molecule has 19 heavy (non-hydrogen) atoms. The van der Waals surface area contributed by atoms with Crippen molar-refractivity contribution in [2.24, 2.45) is 0 Å². The number of ketones is 1. The van der Waals surface area contributed by atoms with E-state index in [1.807, 2.05) is 18.3 Å². The Balaban J connectivity index is 2.79. The Morgan fingerprint density at radius 3 is 2.47 bits per heavy atom. The zero-order valence-electron chi connectivity index (χ0n) is 12.6. The SMILES string of the molecule is CC(=O)c1cn([Si](C)(C)C(C)(C)C)c2ncccc12. The zero-order valence-corrected chi connectivity index (χ0v) is 13.6. The zero-order chi connectivity index (χ0) is 14.4. The molecule has 0 amide bonds. The summed E-state index contributed by atoms with van der Waals surface area (Å²) in [5.74, 6) is 0.107. The molecule has 2 rings (SSSR count). The number of carbonyl (C=O) groups excluding carboxylic acids is 1. The molecule has 0 spiro atoms. The van der Waals surface area contributed by atoms with E-state index in [9.17, 15) is 4.79 Å². The Kier molecular flexibility index (Phi) is 3.17. The lowest BCUT2D eigenvalue weighted by Crippen LogP contribution is -2.45. The van der Waals surface area contributed by atoms with E-state index in [1.165, 1.54) is 0 Å². The van der Waals surface area contributed by atoms with E-state index in [2.05, 4.69) is 43.1 Å². The summed E-state index contributed by atoms with van der Waals surface area (Å²) in [5.41, 5.74) is 1.73. The maximum absolute atomic E-state index is 11.8. The van der Waals surface area contributed by atoms with Crippen molar-refractivity contribution in [3.63, 3.8) is 0 Å².